The van der Waals surface area contributed by atoms with E-state index in [0.29, 0.717) is 28.6 Å². The number of nitrogens with one attached hydrogen (secondary N) is 1. The van der Waals surface area contributed by atoms with Gasteiger partial charge in [-0.2, -0.15) is 0 Å². The minimum Gasteiger partial charge on any atom is -0.465 e. The third-order valence-electron chi connectivity index (χ3n) is 5.78. The van der Waals surface area contributed by atoms with Crippen molar-refractivity contribution in [2.24, 2.45) is 5.92 Å². The highest BCUT2D eigenvalue weighted by molar-refractivity contribution is 7.89. The van der Waals surface area contributed by atoms with E-state index in [4.69, 9.17) is 4.74 Å². The molecule has 3 rings (SSSR count). The molecule has 0 radical (unpaired) electrons. The Bertz CT molecular complexity index is 1090. The van der Waals surface area contributed by atoms with Crippen LogP contribution in [0.2, 0.25) is 0 Å². The summed E-state index contributed by atoms with van der Waals surface area (Å²) in [6.45, 7) is 4.62. The number of ether oxygens (including phenoxy) is 1. The molecule has 174 valence electrons. The molecule has 1 aliphatic rings. The molecule has 0 spiro atoms. The quantitative estimate of drug-likeness (QED) is 0.570. The number of unbranched alkanes of at least 4 members (excludes halogenated alkanes) is 1. The average Bonchev–Trinajstić information content (AvgIpc) is 3.13. The van der Waals surface area contributed by atoms with Crippen molar-refractivity contribution in [1.29, 1.82) is 0 Å². The molecule has 32 heavy (non-hydrogen) atoms. The van der Waals surface area contributed by atoms with E-state index in [-0.39, 0.29) is 4.90 Å². The molecule has 0 saturated carbocycles. The molecule has 9 heteroatoms. The second-order valence-electron chi connectivity index (χ2n) is 8.21. The Morgan fingerprint density at radius 3 is 2.56 bits per heavy atom. The lowest BCUT2D eigenvalue weighted by Crippen LogP contribution is -2.28. The summed E-state index contributed by atoms with van der Waals surface area (Å²) in [5, 5.41) is 3.33. The third kappa shape index (κ3) is 5.05. The largest absolute Gasteiger partial charge is 0.465 e. The zero-order valence-corrected chi connectivity index (χ0v) is 20.6. The van der Waals surface area contributed by atoms with Crippen LogP contribution >= 0.6 is 11.3 Å². The first-order chi connectivity index (χ1) is 15.2. The molecule has 0 bridgehead atoms. The van der Waals surface area contributed by atoms with Gasteiger partial charge >= 0.3 is 5.97 Å². The number of methoxy groups -OCH3 is 1. The van der Waals surface area contributed by atoms with E-state index >= 15 is 0 Å². The van der Waals surface area contributed by atoms with E-state index in [2.05, 4.69) is 12.2 Å². The van der Waals surface area contributed by atoms with Crippen LogP contribution in [0.1, 0.15) is 64.3 Å². The molecule has 0 saturated heterocycles. The predicted octanol–water partition coefficient (Wildman–Crippen LogP) is 4.33. The lowest BCUT2D eigenvalue weighted by Gasteiger charge is -2.18. The van der Waals surface area contributed by atoms with Crippen LogP contribution < -0.4 is 5.32 Å². The number of fused-ring (bicyclic) bond motifs is 1. The number of benzene rings is 1. The molecule has 1 atom stereocenters. The average molecular weight is 479 g/mol. The Labute approximate surface area is 193 Å². The lowest BCUT2D eigenvalue weighted by molar-refractivity contribution is 0.0601. The number of thiophene rings is 1. The van der Waals surface area contributed by atoms with Crippen LogP contribution in [0.5, 0.6) is 0 Å². The van der Waals surface area contributed by atoms with Crippen LogP contribution in [0.25, 0.3) is 0 Å². The minimum atomic E-state index is -3.60. The number of sulfonamides is 1. The van der Waals surface area contributed by atoms with Crippen molar-refractivity contribution in [2.75, 3.05) is 26.0 Å². The molecule has 1 amide bonds. The molecule has 0 aliphatic heterocycles. The first-order valence-electron chi connectivity index (χ1n) is 10.8. The highest BCUT2D eigenvalue weighted by Gasteiger charge is 2.29. The Morgan fingerprint density at radius 1 is 1.25 bits per heavy atom. The van der Waals surface area contributed by atoms with E-state index in [0.717, 1.165) is 42.5 Å². The maximum Gasteiger partial charge on any atom is 0.341 e. The Kier molecular flexibility index (Phi) is 7.74. The van der Waals surface area contributed by atoms with Gasteiger partial charge in [-0.1, -0.05) is 20.3 Å². The van der Waals surface area contributed by atoms with Gasteiger partial charge in [0.2, 0.25) is 10.0 Å². The number of rotatable bonds is 8. The van der Waals surface area contributed by atoms with Gasteiger partial charge in [0.05, 0.1) is 17.6 Å². The fraction of sp³-hybridized carbons (Fsp3) is 0.478. The summed E-state index contributed by atoms with van der Waals surface area (Å²) >= 11 is 1.42. The van der Waals surface area contributed by atoms with Crippen molar-refractivity contribution in [1.82, 2.24) is 4.31 Å². The van der Waals surface area contributed by atoms with Crippen LogP contribution in [0.3, 0.4) is 0 Å². The number of carbonyl (C=O) groups is 2. The van der Waals surface area contributed by atoms with Gasteiger partial charge in [0.25, 0.3) is 5.91 Å². The molecule has 2 aromatic rings. The number of esters is 1. The number of hydrogen-bond acceptors (Lipinski definition) is 6. The van der Waals surface area contributed by atoms with Crippen molar-refractivity contribution in [3.8, 4) is 0 Å². The number of nitrogens with zero attached hydrogens (tertiary/aromatic N) is 1. The van der Waals surface area contributed by atoms with Crippen LogP contribution in [0.4, 0.5) is 5.00 Å². The maximum atomic E-state index is 12.9. The maximum absolute atomic E-state index is 12.9. The summed E-state index contributed by atoms with van der Waals surface area (Å²) in [5.41, 5.74) is 1.71. The van der Waals surface area contributed by atoms with Gasteiger partial charge in [0.1, 0.15) is 5.00 Å². The highest BCUT2D eigenvalue weighted by Crippen LogP contribution is 2.40. The standard InChI is InChI=1S/C23H30N2O5S2/c1-5-6-13-25(3)32(28,29)17-10-8-16(9-11-17)21(26)24-22-20(23(27)30-4)18-12-7-15(2)14-19(18)31-22/h8-11,15H,5-7,12-14H2,1-4H3,(H,24,26). The van der Waals surface area contributed by atoms with Gasteiger partial charge in [0, 0.05) is 24.0 Å². The van der Waals surface area contributed by atoms with E-state index in [1.54, 1.807) is 7.05 Å². The second kappa shape index (κ2) is 10.1. The van der Waals surface area contributed by atoms with Crippen molar-refractivity contribution < 1.29 is 22.7 Å². The number of hydrogen-bond donors (Lipinski definition) is 1. The van der Waals surface area contributed by atoms with E-state index in [1.165, 1.54) is 47.0 Å². The first-order valence-corrected chi connectivity index (χ1v) is 13.0. The Morgan fingerprint density at radius 2 is 1.94 bits per heavy atom. The Balaban J connectivity index is 1.82. The molecule has 1 aromatic carbocycles. The topological polar surface area (TPSA) is 92.8 Å². The third-order valence-corrected chi connectivity index (χ3v) is 8.82. The molecular weight excluding hydrogens is 448 g/mol. The number of amides is 1. The summed E-state index contributed by atoms with van der Waals surface area (Å²) in [7, 11) is -0.710. The van der Waals surface area contributed by atoms with Crippen LogP contribution in [-0.2, 0) is 27.6 Å². The van der Waals surface area contributed by atoms with Gasteiger partial charge in [-0.15, -0.1) is 11.3 Å². The summed E-state index contributed by atoms with van der Waals surface area (Å²) < 4.78 is 31.6. The second-order valence-corrected chi connectivity index (χ2v) is 11.4. The molecule has 1 aromatic heterocycles. The summed E-state index contributed by atoms with van der Waals surface area (Å²) in [6.07, 6.45) is 4.33. The van der Waals surface area contributed by atoms with E-state index < -0.39 is 21.9 Å². The van der Waals surface area contributed by atoms with E-state index in [1.807, 2.05) is 6.92 Å². The van der Waals surface area contributed by atoms with Crippen molar-refractivity contribution in [3.63, 3.8) is 0 Å². The molecule has 1 unspecified atom stereocenters. The zero-order chi connectivity index (χ0) is 23.5. The smallest absolute Gasteiger partial charge is 0.341 e. The van der Waals surface area contributed by atoms with Gasteiger partial charge in [0.15, 0.2) is 0 Å². The minimum absolute atomic E-state index is 0.142. The van der Waals surface area contributed by atoms with Gasteiger partial charge in [-0.05, 0) is 61.4 Å². The highest BCUT2D eigenvalue weighted by atomic mass is 32.2. The van der Waals surface area contributed by atoms with Crippen molar-refractivity contribution in [2.45, 2.75) is 50.8 Å². The Hall–Kier alpha value is -2.23. The first kappa shape index (κ1) is 24.4. The van der Waals surface area contributed by atoms with Crippen LogP contribution in [0.15, 0.2) is 29.2 Å². The van der Waals surface area contributed by atoms with Crippen LogP contribution in [-0.4, -0.2) is 45.3 Å². The monoisotopic (exact) mass is 478 g/mol. The zero-order valence-electron chi connectivity index (χ0n) is 18.9. The van der Waals surface area contributed by atoms with Crippen LogP contribution in [0, 0.1) is 5.92 Å². The lowest BCUT2D eigenvalue weighted by atomic mass is 9.88. The normalized spacial score (nSPS) is 16.0. The fourth-order valence-electron chi connectivity index (χ4n) is 3.79. The van der Waals surface area contributed by atoms with E-state index in [9.17, 15) is 18.0 Å². The summed E-state index contributed by atoms with van der Waals surface area (Å²) in [4.78, 5) is 26.5. The number of carbonyl (C=O) groups excluding carboxylic acids is 2. The molecule has 1 N–H and O–H groups in total. The molecule has 0 fully saturated rings. The SMILES string of the molecule is CCCCN(C)S(=O)(=O)c1ccc(C(=O)Nc2sc3c(c2C(=O)OC)CCC(C)C3)cc1. The van der Waals surface area contributed by atoms with Crippen molar-refractivity contribution in [3.05, 3.63) is 45.8 Å². The van der Waals surface area contributed by atoms with Gasteiger partial charge in [-0.3, -0.25) is 4.79 Å². The molecule has 7 nitrogen and oxygen atoms in total. The summed E-state index contributed by atoms with van der Waals surface area (Å²) in [5.74, 6) is -0.325. The molecular formula is C23H30N2O5S2. The van der Waals surface area contributed by atoms with Crippen molar-refractivity contribution >= 4 is 38.2 Å². The number of anilines is 1. The predicted molar refractivity (Wildman–Crippen MR) is 126 cm³/mol. The molecule has 1 heterocycles. The van der Waals surface area contributed by atoms with Gasteiger partial charge < -0.3 is 10.1 Å². The van der Waals surface area contributed by atoms with Gasteiger partial charge in [-0.25, -0.2) is 17.5 Å². The summed E-state index contributed by atoms with van der Waals surface area (Å²) in [6, 6.07) is 5.86. The fourth-order valence-corrected chi connectivity index (χ4v) is 6.39. The molecule has 1 aliphatic carbocycles.